The Balaban J connectivity index is 2.84. The first kappa shape index (κ1) is 26.6. The molecule has 0 unspecified atom stereocenters. The Morgan fingerprint density at radius 2 is 1.00 bits per heavy atom. The summed E-state index contributed by atoms with van der Waals surface area (Å²) < 4.78 is 5.98. The highest BCUT2D eigenvalue weighted by Gasteiger charge is 2.29. The molecule has 0 saturated carbocycles. The van der Waals surface area contributed by atoms with Gasteiger partial charge < -0.3 is 9.84 Å². The van der Waals surface area contributed by atoms with Crippen LogP contribution in [0, 0.1) is 0 Å². The number of methoxy groups -OCH3 is 1. The average molecular weight is 457 g/mol. The molecule has 0 aliphatic carbocycles. The van der Waals surface area contributed by atoms with Crippen molar-refractivity contribution >= 4 is 11.8 Å². The van der Waals surface area contributed by atoms with E-state index in [2.05, 4.69) is 107 Å². The number of benzene rings is 2. The number of rotatable bonds is 3. The van der Waals surface area contributed by atoms with Crippen molar-refractivity contribution in [2.24, 2.45) is 0 Å². The van der Waals surface area contributed by atoms with E-state index in [0.717, 1.165) is 21.1 Å². The summed E-state index contributed by atoms with van der Waals surface area (Å²) in [6.45, 7) is 26.5. The van der Waals surface area contributed by atoms with E-state index in [9.17, 15) is 5.11 Å². The fraction of sp³-hybridized carbons (Fsp3) is 0.586. The van der Waals surface area contributed by atoms with Gasteiger partial charge in [-0.3, -0.25) is 0 Å². The number of ether oxygens (including phenoxy) is 1. The van der Waals surface area contributed by atoms with Gasteiger partial charge in [0.05, 0.1) is 16.9 Å². The maximum Gasteiger partial charge on any atom is 0.136 e. The van der Waals surface area contributed by atoms with Crippen LogP contribution in [-0.2, 0) is 21.7 Å². The smallest absolute Gasteiger partial charge is 0.136 e. The molecule has 0 atom stereocenters. The van der Waals surface area contributed by atoms with E-state index in [0.29, 0.717) is 5.75 Å². The van der Waals surface area contributed by atoms with Crippen LogP contribution in [0.3, 0.4) is 0 Å². The molecule has 2 aromatic rings. The molecule has 2 aromatic carbocycles. The molecule has 32 heavy (non-hydrogen) atoms. The van der Waals surface area contributed by atoms with E-state index in [1.165, 1.54) is 16.7 Å². The van der Waals surface area contributed by atoms with Crippen LogP contribution in [0.25, 0.3) is 0 Å². The molecule has 0 heterocycles. The first-order valence-corrected chi connectivity index (χ1v) is 12.4. The zero-order chi connectivity index (χ0) is 24.9. The molecule has 0 saturated heterocycles. The molecular weight excluding hydrogens is 412 g/mol. The van der Waals surface area contributed by atoms with Crippen molar-refractivity contribution in [3.63, 3.8) is 0 Å². The van der Waals surface area contributed by atoms with E-state index in [1.807, 2.05) is 0 Å². The fourth-order valence-electron chi connectivity index (χ4n) is 3.69. The summed E-state index contributed by atoms with van der Waals surface area (Å²) in [6.07, 6.45) is 0. The lowest BCUT2D eigenvalue weighted by molar-refractivity contribution is 0.386. The highest BCUT2D eigenvalue weighted by molar-refractivity contribution is 7.99. The number of hydrogen-bond acceptors (Lipinski definition) is 3. The van der Waals surface area contributed by atoms with E-state index in [-0.39, 0.29) is 21.7 Å². The van der Waals surface area contributed by atoms with Gasteiger partial charge in [-0.25, -0.2) is 0 Å². The maximum atomic E-state index is 11.3. The van der Waals surface area contributed by atoms with Gasteiger partial charge in [0.25, 0.3) is 0 Å². The monoisotopic (exact) mass is 456 g/mol. The molecule has 0 aliphatic heterocycles. The van der Waals surface area contributed by atoms with Gasteiger partial charge in [-0.2, -0.15) is 0 Å². The molecule has 0 aliphatic rings. The van der Waals surface area contributed by atoms with Crippen LogP contribution in [0.15, 0.2) is 34.1 Å². The maximum absolute atomic E-state index is 11.3. The molecule has 0 amide bonds. The van der Waals surface area contributed by atoms with Crippen molar-refractivity contribution < 1.29 is 9.84 Å². The summed E-state index contributed by atoms with van der Waals surface area (Å²) >= 11 is 1.61. The summed E-state index contributed by atoms with van der Waals surface area (Å²) in [7, 11) is 1.75. The number of hydrogen-bond donors (Lipinski definition) is 1. The molecular formula is C29H44O2S. The zero-order valence-corrected chi connectivity index (χ0v) is 23.4. The van der Waals surface area contributed by atoms with E-state index >= 15 is 0 Å². The Kier molecular flexibility index (Phi) is 7.19. The van der Waals surface area contributed by atoms with Crippen LogP contribution in [0.5, 0.6) is 11.5 Å². The standard InChI is InChI=1S/C29H44O2S/c1-26(2,3)18-14-20(28(7,8)9)24(30)22(16-18)32-23-17-19(27(4,5)6)15-21(25(23)31-13)29(10,11)12/h14-17,30H,1-13H3. The lowest BCUT2D eigenvalue weighted by Gasteiger charge is -2.30. The van der Waals surface area contributed by atoms with Gasteiger partial charge in [0.15, 0.2) is 0 Å². The number of aromatic hydroxyl groups is 1. The largest absolute Gasteiger partial charge is 0.506 e. The second-order valence-corrected chi connectivity index (χ2v) is 14.1. The minimum absolute atomic E-state index is 0.00739. The molecule has 3 heteroatoms. The average Bonchev–Trinajstić information content (AvgIpc) is 2.59. The van der Waals surface area contributed by atoms with Crippen molar-refractivity contribution in [2.75, 3.05) is 7.11 Å². The third-order valence-electron chi connectivity index (χ3n) is 5.90. The van der Waals surface area contributed by atoms with Crippen molar-refractivity contribution in [1.29, 1.82) is 0 Å². The first-order valence-electron chi connectivity index (χ1n) is 11.6. The Morgan fingerprint density at radius 3 is 1.38 bits per heavy atom. The number of phenols is 1. The molecule has 0 fully saturated rings. The SMILES string of the molecule is COc1c(Sc2cc(C(C)(C)C)cc(C(C)(C)C)c2O)cc(C(C)(C)C)cc1C(C)(C)C. The van der Waals surface area contributed by atoms with Crippen LogP contribution in [0.2, 0.25) is 0 Å². The Hall–Kier alpha value is -1.61. The molecule has 0 spiro atoms. The molecule has 0 aromatic heterocycles. The summed E-state index contributed by atoms with van der Waals surface area (Å²) in [5.41, 5.74) is 4.44. The minimum Gasteiger partial charge on any atom is -0.506 e. The quantitative estimate of drug-likeness (QED) is 0.500. The fourth-order valence-corrected chi connectivity index (χ4v) is 4.79. The Morgan fingerprint density at radius 1 is 0.594 bits per heavy atom. The van der Waals surface area contributed by atoms with Crippen LogP contribution < -0.4 is 4.74 Å². The van der Waals surface area contributed by atoms with Crippen LogP contribution in [0.1, 0.15) is 105 Å². The predicted octanol–water partition coefficient (Wildman–Crippen LogP) is 8.74. The summed E-state index contributed by atoms with van der Waals surface area (Å²) in [5.74, 6) is 1.27. The molecule has 0 radical (unpaired) electrons. The summed E-state index contributed by atoms with van der Waals surface area (Å²) in [5, 5.41) is 11.3. The first-order chi connectivity index (χ1) is 14.3. The Bertz CT molecular complexity index is 975. The van der Waals surface area contributed by atoms with Crippen LogP contribution in [0.4, 0.5) is 0 Å². The van der Waals surface area contributed by atoms with E-state index in [4.69, 9.17) is 4.74 Å². The third kappa shape index (κ3) is 5.84. The highest BCUT2D eigenvalue weighted by atomic mass is 32.2. The van der Waals surface area contributed by atoms with Crippen LogP contribution in [-0.4, -0.2) is 12.2 Å². The highest BCUT2D eigenvalue weighted by Crippen LogP contribution is 2.49. The minimum atomic E-state index is -0.158. The zero-order valence-electron chi connectivity index (χ0n) is 22.6. The molecule has 178 valence electrons. The third-order valence-corrected chi connectivity index (χ3v) is 6.96. The van der Waals surface area contributed by atoms with Gasteiger partial charge in [-0.05, 0) is 44.9 Å². The van der Waals surface area contributed by atoms with Crippen molar-refractivity contribution in [2.45, 2.75) is 115 Å². The number of phenolic OH excluding ortho intramolecular Hbond substituents is 1. The van der Waals surface area contributed by atoms with Crippen molar-refractivity contribution in [3.05, 3.63) is 46.5 Å². The predicted molar refractivity (Wildman–Crippen MR) is 140 cm³/mol. The van der Waals surface area contributed by atoms with Gasteiger partial charge in [-0.1, -0.05) is 107 Å². The second kappa shape index (κ2) is 8.63. The van der Waals surface area contributed by atoms with E-state index in [1.54, 1.807) is 18.9 Å². The normalized spacial score (nSPS) is 13.4. The lowest BCUT2D eigenvalue weighted by atomic mass is 9.80. The van der Waals surface area contributed by atoms with E-state index < -0.39 is 0 Å². The Labute approximate surface area is 201 Å². The second-order valence-electron chi connectivity index (χ2n) is 13.0. The molecule has 0 bridgehead atoms. The van der Waals surface area contributed by atoms with Gasteiger partial charge in [-0.15, -0.1) is 0 Å². The van der Waals surface area contributed by atoms with Crippen molar-refractivity contribution in [1.82, 2.24) is 0 Å². The summed E-state index contributed by atoms with van der Waals surface area (Å²) in [4.78, 5) is 1.93. The van der Waals surface area contributed by atoms with Gasteiger partial charge >= 0.3 is 0 Å². The molecule has 2 rings (SSSR count). The van der Waals surface area contributed by atoms with Crippen LogP contribution >= 0.6 is 11.8 Å². The van der Waals surface area contributed by atoms with Gasteiger partial charge in [0.1, 0.15) is 11.5 Å². The van der Waals surface area contributed by atoms with Gasteiger partial charge in [0.2, 0.25) is 0 Å². The molecule has 1 N–H and O–H groups in total. The molecule has 2 nitrogen and oxygen atoms in total. The van der Waals surface area contributed by atoms with Crippen molar-refractivity contribution in [3.8, 4) is 11.5 Å². The summed E-state index contributed by atoms with van der Waals surface area (Å²) in [6, 6.07) is 8.84. The van der Waals surface area contributed by atoms with Gasteiger partial charge in [0, 0.05) is 11.1 Å². The topological polar surface area (TPSA) is 29.5 Å². The lowest BCUT2D eigenvalue weighted by Crippen LogP contribution is -2.18.